The van der Waals surface area contributed by atoms with Gasteiger partial charge in [-0.3, -0.25) is 14.5 Å². The number of rotatable bonds is 8. The molecule has 5 heterocycles. The molecule has 4 N–H and O–H groups in total. The minimum absolute atomic E-state index is 0.153. The van der Waals surface area contributed by atoms with Crippen molar-refractivity contribution in [2.45, 2.75) is 31.0 Å². The summed E-state index contributed by atoms with van der Waals surface area (Å²) in [5, 5.41) is 29.5. The molecule has 1 saturated heterocycles. The van der Waals surface area contributed by atoms with Gasteiger partial charge < -0.3 is 35.3 Å². The van der Waals surface area contributed by atoms with Crippen LogP contribution in [-0.4, -0.2) is 67.2 Å². The van der Waals surface area contributed by atoms with Crippen molar-refractivity contribution in [3.05, 3.63) is 58.8 Å². The summed E-state index contributed by atoms with van der Waals surface area (Å²) >= 11 is 2.46. The molecule has 0 bridgehead atoms. The molecule has 3 atom stereocenters. The van der Waals surface area contributed by atoms with Crippen LogP contribution in [0, 0.1) is 0 Å². The third-order valence-electron chi connectivity index (χ3n) is 6.18. The minimum Gasteiger partial charge on any atom is -0.543 e. The van der Waals surface area contributed by atoms with Crippen molar-refractivity contribution in [2.24, 2.45) is 5.16 Å². The van der Waals surface area contributed by atoms with Crippen LogP contribution in [0.2, 0.25) is 0 Å². The number of β-lactam (4-membered cyclic amide) rings is 1. The Labute approximate surface area is 224 Å². The van der Waals surface area contributed by atoms with Gasteiger partial charge in [0.2, 0.25) is 0 Å². The zero-order valence-electron chi connectivity index (χ0n) is 20.2. The Balaban J connectivity index is 1.35. The van der Waals surface area contributed by atoms with Crippen LogP contribution in [-0.2, 0) is 25.8 Å². The van der Waals surface area contributed by atoms with Crippen molar-refractivity contribution >= 4 is 57.2 Å². The number of oxime groups is 1. The van der Waals surface area contributed by atoms with Gasteiger partial charge in [0.1, 0.15) is 29.7 Å². The molecule has 3 aromatic rings. The van der Waals surface area contributed by atoms with E-state index in [-0.39, 0.29) is 28.8 Å². The highest BCUT2D eigenvalue weighted by Gasteiger charge is 2.53. The van der Waals surface area contributed by atoms with E-state index in [1.165, 1.54) is 24.3 Å². The average molecular weight is 558 g/mol. The van der Waals surface area contributed by atoms with Crippen LogP contribution in [0.4, 0.5) is 5.13 Å². The first kappa shape index (κ1) is 25.7. The number of carboxylic acid groups (broad SMARTS) is 1. The Kier molecular flexibility index (Phi) is 6.81. The van der Waals surface area contributed by atoms with Crippen molar-refractivity contribution in [1.82, 2.24) is 19.6 Å². The zero-order valence-corrected chi connectivity index (χ0v) is 21.9. The molecule has 1 fully saturated rings. The molecule has 5 rings (SSSR count). The van der Waals surface area contributed by atoms with Crippen molar-refractivity contribution in [3.63, 3.8) is 0 Å². The predicted molar refractivity (Wildman–Crippen MR) is 135 cm³/mol. The van der Waals surface area contributed by atoms with E-state index in [2.05, 4.69) is 15.5 Å². The summed E-state index contributed by atoms with van der Waals surface area (Å²) in [4.78, 5) is 48.0. The number of carboxylic acids is 1. The molecule has 15 heteroatoms. The van der Waals surface area contributed by atoms with E-state index < -0.39 is 35.3 Å². The third-order valence-corrected chi connectivity index (χ3v) is 8.19. The highest BCUT2D eigenvalue weighted by atomic mass is 32.2. The molecule has 1 unspecified atom stereocenters. The maximum Gasteiger partial charge on any atom is 0.276 e. The molecule has 0 saturated carbocycles. The molecule has 0 aromatic carbocycles. The Bertz CT molecular complexity index is 1510. The van der Waals surface area contributed by atoms with E-state index in [1.54, 1.807) is 23.9 Å². The normalized spacial score (nSPS) is 20.2. The van der Waals surface area contributed by atoms with Gasteiger partial charge in [0, 0.05) is 16.7 Å². The summed E-state index contributed by atoms with van der Waals surface area (Å²) in [6.07, 6.45) is 4.73. The number of nitrogens with one attached hydrogen (secondary N) is 1. The van der Waals surface area contributed by atoms with Crippen molar-refractivity contribution in [3.8, 4) is 0 Å². The van der Waals surface area contributed by atoms with Crippen molar-refractivity contribution < 1.29 is 34.0 Å². The summed E-state index contributed by atoms with van der Waals surface area (Å²) in [5.41, 5.74) is 7.54. The number of nitrogens with zero attached hydrogens (tertiary/aromatic N) is 5. The number of anilines is 1. The number of aliphatic hydroxyl groups excluding tert-OH is 1. The zero-order chi connectivity index (χ0) is 27.1. The van der Waals surface area contributed by atoms with E-state index >= 15 is 0 Å². The lowest BCUT2D eigenvalue weighted by atomic mass is 10.0. The van der Waals surface area contributed by atoms with Gasteiger partial charge in [0.25, 0.3) is 11.8 Å². The second kappa shape index (κ2) is 10.1. The molecule has 0 spiro atoms. The predicted octanol–water partition coefficient (Wildman–Crippen LogP) is -1.23. The number of nitrogen functional groups attached to an aromatic ring is 1. The molecular formula is C23H23N7O6S2. The number of fused-ring (bicyclic) bond motifs is 2. The van der Waals surface area contributed by atoms with Crippen LogP contribution < -0.4 is 20.7 Å². The number of aliphatic hydroxyl groups is 1. The van der Waals surface area contributed by atoms with Crippen LogP contribution >= 0.6 is 23.1 Å². The molecule has 2 aliphatic heterocycles. The highest BCUT2D eigenvalue weighted by molar-refractivity contribution is 8.00. The lowest BCUT2D eigenvalue weighted by Gasteiger charge is -2.50. The van der Waals surface area contributed by atoms with Crippen molar-refractivity contribution in [1.29, 1.82) is 0 Å². The fourth-order valence-electron chi connectivity index (χ4n) is 4.48. The van der Waals surface area contributed by atoms with Gasteiger partial charge in [-0.05, 0) is 19.1 Å². The maximum atomic E-state index is 13.0. The molecule has 3 aromatic heterocycles. The van der Waals surface area contributed by atoms with Gasteiger partial charge in [-0.1, -0.05) is 5.16 Å². The molecule has 2 amide bonds. The van der Waals surface area contributed by atoms with E-state index in [4.69, 9.17) is 10.6 Å². The number of carbonyl (C=O) groups is 3. The standard InChI is InChI=1S/C23H23N7O6S2/c1-11(31)15-4-3-13-8-28(5-6-29(13)15)7-12-9-37-21-17(20(33)30(21)18(12)22(34)35)26-19(32)16(27-36-2)14-10-38-23(24)25-14/h3-6,8,10-11,17,21,31H,7,9H2,1-2H3,(H3-,24,25,26,32,34,35)/b27-16-/t11?,17-,21+/m1/s1. The molecule has 2 aliphatic rings. The summed E-state index contributed by atoms with van der Waals surface area (Å²) < 4.78 is 3.64. The van der Waals surface area contributed by atoms with E-state index in [1.807, 2.05) is 22.7 Å². The second-order valence-corrected chi connectivity index (χ2v) is 10.6. The lowest BCUT2D eigenvalue weighted by molar-refractivity contribution is -0.688. The number of nitrogens with two attached hydrogens (primary N) is 1. The minimum atomic E-state index is -1.47. The Morgan fingerprint density at radius 3 is 2.89 bits per heavy atom. The number of amides is 2. The molecule has 0 radical (unpaired) electrons. The molecular weight excluding hydrogens is 534 g/mol. The van der Waals surface area contributed by atoms with Gasteiger partial charge >= 0.3 is 0 Å². The first-order valence-electron chi connectivity index (χ1n) is 11.4. The highest BCUT2D eigenvalue weighted by Crippen LogP contribution is 2.40. The SMILES string of the molecule is CO/N=C(\C(=O)N[C@@H]1C(=O)N2C(C(=O)[O-])=C(C[n+]3ccn4c(C(C)O)ccc4c3)CS[C@@H]12)c1csc(N)n1. The van der Waals surface area contributed by atoms with Crippen LogP contribution in [0.3, 0.4) is 0 Å². The fraction of sp³-hybridized carbons (Fsp3) is 0.304. The Morgan fingerprint density at radius 1 is 1.45 bits per heavy atom. The lowest BCUT2D eigenvalue weighted by Crippen LogP contribution is -2.71. The first-order valence-corrected chi connectivity index (χ1v) is 13.3. The van der Waals surface area contributed by atoms with Gasteiger partial charge in [-0.25, -0.2) is 4.98 Å². The summed E-state index contributed by atoms with van der Waals surface area (Å²) in [5.74, 6) is -2.43. The number of aromatic nitrogens is 3. The summed E-state index contributed by atoms with van der Waals surface area (Å²) in [7, 11) is 1.27. The number of thiazole rings is 1. The quantitative estimate of drug-likeness (QED) is 0.132. The summed E-state index contributed by atoms with van der Waals surface area (Å²) in [6.45, 7) is 1.89. The number of hydrogen-bond acceptors (Lipinski definition) is 11. The van der Waals surface area contributed by atoms with Crippen LogP contribution in [0.1, 0.15) is 24.4 Å². The molecule has 198 valence electrons. The first-order chi connectivity index (χ1) is 18.2. The van der Waals surface area contributed by atoms with Crippen LogP contribution in [0.15, 0.2) is 52.5 Å². The fourth-order valence-corrected chi connectivity index (χ4v) is 6.36. The van der Waals surface area contributed by atoms with Gasteiger partial charge in [0.15, 0.2) is 29.8 Å². The van der Waals surface area contributed by atoms with Crippen LogP contribution in [0.25, 0.3) is 5.52 Å². The summed E-state index contributed by atoms with van der Waals surface area (Å²) in [6, 6.07) is 2.70. The van der Waals surface area contributed by atoms with Crippen molar-refractivity contribution in [2.75, 3.05) is 18.6 Å². The number of hydrogen-bond donors (Lipinski definition) is 3. The van der Waals surface area contributed by atoms with Gasteiger partial charge in [0.05, 0.1) is 29.7 Å². The number of aliphatic carboxylic acids is 1. The Hall–Kier alpha value is -3.95. The smallest absolute Gasteiger partial charge is 0.276 e. The number of carbonyl (C=O) groups excluding carboxylic acids is 3. The maximum absolute atomic E-state index is 13.0. The monoisotopic (exact) mass is 557 g/mol. The van der Waals surface area contributed by atoms with E-state index in [0.717, 1.165) is 27.4 Å². The van der Waals surface area contributed by atoms with Crippen LogP contribution in [0.5, 0.6) is 0 Å². The number of thioether (sulfide) groups is 1. The average Bonchev–Trinajstić information content (AvgIpc) is 3.51. The largest absolute Gasteiger partial charge is 0.543 e. The van der Waals surface area contributed by atoms with Gasteiger partial charge in [-0.2, -0.15) is 4.57 Å². The third kappa shape index (κ3) is 4.48. The Morgan fingerprint density at radius 2 is 2.24 bits per heavy atom. The van der Waals surface area contributed by atoms with E-state index in [0.29, 0.717) is 11.3 Å². The molecule has 0 aliphatic carbocycles. The second-order valence-electron chi connectivity index (χ2n) is 8.62. The molecule has 13 nitrogen and oxygen atoms in total. The topological polar surface area (TPSA) is 179 Å². The van der Waals surface area contributed by atoms with E-state index in [9.17, 15) is 24.6 Å². The molecule has 38 heavy (non-hydrogen) atoms. The van der Waals surface area contributed by atoms with Gasteiger partial charge in [-0.15, -0.1) is 23.1 Å².